The highest BCUT2D eigenvalue weighted by molar-refractivity contribution is 5.92. The van der Waals surface area contributed by atoms with Gasteiger partial charge in [0.15, 0.2) is 11.5 Å². The van der Waals surface area contributed by atoms with Crippen LogP contribution in [-0.2, 0) is 16.1 Å². The lowest BCUT2D eigenvalue weighted by Crippen LogP contribution is -2.48. The number of hydrogen-bond acceptors (Lipinski definition) is 9. The third-order valence-corrected chi connectivity index (χ3v) is 6.05. The molecule has 1 aliphatic carbocycles. The van der Waals surface area contributed by atoms with Gasteiger partial charge in [0.2, 0.25) is 5.88 Å². The molecule has 3 aromatic rings. The van der Waals surface area contributed by atoms with Gasteiger partial charge in [-0.25, -0.2) is 20.4 Å². The fraction of sp³-hybridized carbons (Fsp3) is 0.458. The molecular weight excluding hydrogens is 450 g/mol. The van der Waals surface area contributed by atoms with Gasteiger partial charge in [0, 0.05) is 56.8 Å². The molecule has 0 saturated heterocycles. The first-order valence-electron chi connectivity index (χ1n) is 11.6. The minimum atomic E-state index is -0.844. The van der Waals surface area contributed by atoms with Crippen molar-refractivity contribution in [3.8, 4) is 17.0 Å². The first-order chi connectivity index (χ1) is 16.9. The van der Waals surface area contributed by atoms with Crippen molar-refractivity contribution in [3.63, 3.8) is 0 Å². The van der Waals surface area contributed by atoms with Crippen molar-refractivity contribution in [1.82, 2.24) is 30.0 Å². The molecule has 4 rings (SSSR count). The molecule has 3 heterocycles. The second kappa shape index (κ2) is 10.4. The average Bonchev–Trinajstić information content (AvgIpc) is 3.67. The maximum Gasteiger partial charge on any atom is 0.293 e. The molecule has 186 valence electrons. The molecule has 0 spiro atoms. The van der Waals surface area contributed by atoms with Crippen LogP contribution in [0.5, 0.6) is 5.88 Å². The van der Waals surface area contributed by atoms with Crippen molar-refractivity contribution >= 4 is 22.9 Å². The molecule has 0 unspecified atom stereocenters. The highest BCUT2D eigenvalue weighted by Crippen LogP contribution is 2.39. The van der Waals surface area contributed by atoms with Gasteiger partial charge in [0.05, 0.1) is 19.2 Å². The van der Waals surface area contributed by atoms with Crippen molar-refractivity contribution < 1.29 is 14.3 Å². The minimum absolute atomic E-state index is 0.106. The van der Waals surface area contributed by atoms with Crippen LogP contribution in [0.3, 0.4) is 0 Å². The molecule has 0 bridgehead atoms. The number of nitrogens with one attached hydrogen (secondary N) is 2. The van der Waals surface area contributed by atoms with Crippen molar-refractivity contribution in [1.29, 1.82) is 0 Å². The highest BCUT2D eigenvalue weighted by atomic mass is 16.5. The van der Waals surface area contributed by atoms with Gasteiger partial charge in [-0.1, -0.05) is 6.92 Å². The molecule has 0 radical (unpaired) electrons. The number of likely N-dealkylation sites (N-methyl/N-ethyl adjacent to an activating group) is 1. The number of methoxy groups -OCH3 is 1. The van der Waals surface area contributed by atoms with Gasteiger partial charge in [-0.3, -0.25) is 19.2 Å². The molecule has 35 heavy (non-hydrogen) atoms. The van der Waals surface area contributed by atoms with E-state index in [1.165, 1.54) is 5.01 Å². The zero-order valence-electron chi connectivity index (χ0n) is 20.5. The lowest BCUT2D eigenvalue weighted by Gasteiger charge is -2.24. The van der Waals surface area contributed by atoms with E-state index in [1.807, 2.05) is 19.1 Å². The summed E-state index contributed by atoms with van der Waals surface area (Å²) in [5, 5.41) is 4.53. The predicted octanol–water partition coefficient (Wildman–Crippen LogP) is 1.83. The third-order valence-electron chi connectivity index (χ3n) is 6.05. The number of carbonyl (C=O) groups excluding carboxylic acids is 1. The van der Waals surface area contributed by atoms with Gasteiger partial charge in [0.1, 0.15) is 5.54 Å². The summed E-state index contributed by atoms with van der Waals surface area (Å²) in [6, 6.07) is 5.52. The van der Waals surface area contributed by atoms with Crippen LogP contribution in [0, 0.1) is 0 Å². The van der Waals surface area contributed by atoms with E-state index in [2.05, 4.69) is 25.7 Å². The largest absolute Gasteiger partial charge is 0.481 e. The van der Waals surface area contributed by atoms with Crippen LogP contribution >= 0.6 is 0 Å². The van der Waals surface area contributed by atoms with Crippen LogP contribution in [0.1, 0.15) is 26.2 Å². The Balaban J connectivity index is 1.74. The first kappa shape index (κ1) is 24.6. The zero-order valence-corrected chi connectivity index (χ0v) is 20.5. The Kier molecular flexibility index (Phi) is 7.27. The van der Waals surface area contributed by atoms with Gasteiger partial charge in [-0.2, -0.15) is 0 Å². The van der Waals surface area contributed by atoms with Crippen LogP contribution in [-0.4, -0.2) is 70.4 Å². The Morgan fingerprint density at radius 1 is 1.20 bits per heavy atom. The van der Waals surface area contributed by atoms with Gasteiger partial charge in [-0.05, 0) is 31.4 Å². The van der Waals surface area contributed by atoms with Crippen molar-refractivity contribution in [3.05, 3.63) is 40.9 Å². The summed E-state index contributed by atoms with van der Waals surface area (Å²) >= 11 is 0. The van der Waals surface area contributed by atoms with Crippen molar-refractivity contribution in [2.24, 2.45) is 0 Å². The second-order valence-corrected chi connectivity index (χ2v) is 8.48. The summed E-state index contributed by atoms with van der Waals surface area (Å²) in [6.07, 6.45) is 5.51. The maximum absolute atomic E-state index is 13.5. The zero-order chi connectivity index (χ0) is 25.0. The normalized spacial score (nSPS) is 14.1. The van der Waals surface area contributed by atoms with E-state index < -0.39 is 5.54 Å². The van der Waals surface area contributed by atoms with E-state index in [1.54, 1.807) is 44.2 Å². The minimum Gasteiger partial charge on any atom is -0.481 e. The standard InChI is InChI=1S/C24H31N7O4/c1-5-11-35-12-10-31-18-13-17(16-6-7-19(34-4)26-14-16)15-27-20(18)28-21(22(31)32)29-24(8-9-24)23(33)30(3)25-2/h6-7,13-15,25H,5,8-12H2,1-4H3,(H,27,28,29). The molecule has 1 aliphatic rings. The van der Waals surface area contributed by atoms with E-state index in [9.17, 15) is 9.59 Å². The number of hydrazine groups is 1. The van der Waals surface area contributed by atoms with Gasteiger partial charge >= 0.3 is 0 Å². The number of amides is 1. The summed E-state index contributed by atoms with van der Waals surface area (Å²) < 4.78 is 12.4. The molecule has 0 atom stereocenters. The number of carbonyl (C=O) groups is 1. The topological polar surface area (TPSA) is 124 Å². The Morgan fingerprint density at radius 2 is 1.97 bits per heavy atom. The molecule has 1 saturated carbocycles. The summed E-state index contributed by atoms with van der Waals surface area (Å²) in [4.78, 5) is 39.7. The summed E-state index contributed by atoms with van der Waals surface area (Å²) in [7, 11) is 4.88. The second-order valence-electron chi connectivity index (χ2n) is 8.48. The van der Waals surface area contributed by atoms with Crippen LogP contribution in [0.25, 0.3) is 22.3 Å². The van der Waals surface area contributed by atoms with Crippen molar-refractivity contribution in [2.45, 2.75) is 38.3 Å². The van der Waals surface area contributed by atoms with E-state index in [0.717, 1.165) is 17.5 Å². The molecule has 11 heteroatoms. The SMILES string of the molecule is CCCOCCn1c(=O)c(NC2(C(=O)N(C)NC)CC2)nc2ncc(-c3ccc(OC)nc3)cc21. The fourth-order valence-corrected chi connectivity index (χ4v) is 3.82. The molecule has 11 nitrogen and oxygen atoms in total. The van der Waals surface area contributed by atoms with Crippen LogP contribution in [0.2, 0.25) is 0 Å². The summed E-state index contributed by atoms with van der Waals surface area (Å²) in [5.41, 5.74) is 4.26. The molecule has 3 aromatic heterocycles. The molecule has 2 N–H and O–H groups in total. The third kappa shape index (κ3) is 5.10. The van der Waals surface area contributed by atoms with Crippen LogP contribution < -0.4 is 21.0 Å². The Morgan fingerprint density at radius 3 is 2.60 bits per heavy atom. The number of rotatable bonds is 11. The number of pyridine rings is 2. The number of ether oxygens (including phenoxy) is 2. The fourth-order valence-electron chi connectivity index (χ4n) is 3.82. The number of anilines is 1. The van der Waals surface area contributed by atoms with Crippen LogP contribution in [0.15, 0.2) is 35.4 Å². The van der Waals surface area contributed by atoms with E-state index in [0.29, 0.717) is 49.6 Å². The van der Waals surface area contributed by atoms with Gasteiger partial charge < -0.3 is 14.8 Å². The smallest absolute Gasteiger partial charge is 0.293 e. The predicted molar refractivity (Wildman–Crippen MR) is 132 cm³/mol. The maximum atomic E-state index is 13.5. The lowest BCUT2D eigenvalue weighted by molar-refractivity contribution is -0.134. The van der Waals surface area contributed by atoms with Crippen LogP contribution in [0.4, 0.5) is 5.82 Å². The number of fused-ring (bicyclic) bond motifs is 1. The van der Waals surface area contributed by atoms with Crippen molar-refractivity contribution in [2.75, 3.05) is 39.7 Å². The average molecular weight is 482 g/mol. The molecule has 0 aliphatic heterocycles. The summed E-state index contributed by atoms with van der Waals surface area (Å²) in [5.74, 6) is 0.474. The number of hydrogen-bond donors (Lipinski definition) is 2. The Hall–Kier alpha value is -3.57. The first-order valence-corrected chi connectivity index (χ1v) is 11.6. The highest BCUT2D eigenvalue weighted by Gasteiger charge is 2.52. The van der Waals surface area contributed by atoms with E-state index in [-0.39, 0.29) is 17.3 Å². The molecule has 1 fully saturated rings. The quantitative estimate of drug-likeness (QED) is 0.312. The van der Waals surface area contributed by atoms with Gasteiger partial charge in [0.25, 0.3) is 11.5 Å². The lowest BCUT2D eigenvalue weighted by atomic mass is 10.1. The Labute approximate surface area is 203 Å². The molecule has 1 amide bonds. The number of aromatic nitrogens is 4. The summed E-state index contributed by atoms with van der Waals surface area (Å²) in [6.45, 7) is 3.34. The van der Waals surface area contributed by atoms with E-state index >= 15 is 0 Å². The molecular formula is C24H31N7O4. The monoisotopic (exact) mass is 481 g/mol. The molecule has 0 aromatic carbocycles. The van der Waals surface area contributed by atoms with Gasteiger partial charge in [-0.15, -0.1) is 0 Å². The van der Waals surface area contributed by atoms with E-state index in [4.69, 9.17) is 9.47 Å². The number of nitrogens with zero attached hydrogens (tertiary/aromatic N) is 5. The Bertz CT molecular complexity index is 1260.